The maximum absolute atomic E-state index is 3.80. The summed E-state index contributed by atoms with van der Waals surface area (Å²) in [5.41, 5.74) is 1.84. The highest BCUT2D eigenvalue weighted by Crippen LogP contribution is 2.39. The van der Waals surface area contributed by atoms with E-state index < -0.39 is 0 Å². The largest absolute Gasteiger partial charge is 0.313 e. The van der Waals surface area contributed by atoms with Crippen molar-refractivity contribution in [2.75, 3.05) is 6.54 Å². The van der Waals surface area contributed by atoms with Crippen molar-refractivity contribution in [3.63, 3.8) is 0 Å². The van der Waals surface area contributed by atoms with Crippen molar-refractivity contribution in [2.24, 2.45) is 5.92 Å². The molecule has 1 fully saturated rings. The summed E-state index contributed by atoms with van der Waals surface area (Å²) in [6.45, 7) is 8.20. The summed E-state index contributed by atoms with van der Waals surface area (Å²) in [7, 11) is 0. The minimum Gasteiger partial charge on any atom is -0.313 e. The normalized spacial score (nSPS) is 18.5. The molecule has 1 N–H and O–H groups in total. The molecule has 1 saturated carbocycles. The van der Waals surface area contributed by atoms with Crippen LogP contribution in [0.5, 0.6) is 0 Å². The van der Waals surface area contributed by atoms with Crippen molar-refractivity contribution < 1.29 is 0 Å². The van der Waals surface area contributed by atoms with Crippen molar-refractivity contribution in [3.8, 4) is 0 Å². The Hall–Kier alpha value is -0.820. The molecule has 0 saturated heterocycles. The van der Waals surface area contributed by atoms with Crippen LogP contribution >= 0.6 is 0 Å². The fourth-order valence-corrected chi connectivity index (χ4v) is 3.55. The summed E-state index contributed by atoms with van der Waals surface area (Å²) < 4.78 is 0. The first kappa shape index (κ1) is 14.6. The highest BCUT2D eigenvalue weighted by atomic mass is 15.0. The molecule has 1 aromatic rings. The molecule has 1 heteroatoms. The molecule has 1 unspecified atom stereocenters. The summed E-state index contributed by atoms with van der Waals surface area (Å²) in [6.07, 6.45) is 6.51. The molecular weight excluding hydrogens is 230 g/mol. The van der Waals surface area contributed by atoms with Gasteiger partial charge in [-0.25, -0.2) is 0 Å². The van der Waals surface area contributed by atoms with Gasteiger partial charge in [0.25, 0.3) is 0 Å². The van der Waals surface area contributed by atoms with Crippen LogP contribution in [0.3, 0.4) is 0 Å². The molecule has 0 spiro atoms. The molecule has 1 aliphatic carbocycles. The fourth-order valence-electron chi connectivity index (χ4n) is 3.55. The van der Waals surface area contributed by atoms with E-state index in [0.717, 1.165) is 18.5 Å². The Morgan fingerprint density at radius 2 is 1.74 bits per heavy atom. The number of nitrogens with one attached hydrogen (secondary N) is 1. The fraction of sp³-hybridized carbons (Fsp3) is 0.667. The van der Waals surface area contributed by atoms with Gasteiger partial charge in [-0.2, -0.15) is 0 Å². The van der Waals surface area contributed by atoms with Gasteiger partial charge >= 0.3 is 0 Å². The molecule has 2 rings (SSSR count). The summed E-state index contributed by atoms with van der Waals surface area (Å²) >= 11 is 0. The van der Waals surface area contributed by atoms with Crippen LogP contribution in [0.1, 0.15) is 58.4 Å². The minimum atomic E-state index is 0.313. The first-order chi connectivity index (χ1) is 9.26. The van der Waals surface area contributed by atoms with Crippen molar-refractivity contribution in [2.45, 2.75) is 64.3 Å². The molecule has 1 nitrogen and oxygen atoms in total. The van der Waals surface area contributed by atoms with Crippen molar-refractivity contribution >= 4 is 0 Å². The van der Waals surface area contributed by atoms with E-state index in [-0.39, 0.29) is 0 Å². The van der Waals surface area contributed by atoms with Gasteiger partial charge in [0.15, 0.2) is 0 Å². The molecule has 1 aromatic carbocycles. The van der Waals surface area contributed by atoms with Crippen molar-refractivity contribution in [1.29, 1.82) is 0 Å². The van der Waals surface area contributed by atoms with Crippen LogP contribution in [-0.4, -0.2) is 12.6 Å². The third-order valence-electron chi connectivity index (χ3n) is 5.03. The average Bonchev–Trinajstić information content (AvgIpc) is 3.29. The molecule has 0 radical (unpaired) electrons. The Balaban J connectivity index is 2.27. The van der Waals surface area contributed by atoms with E-state index >= 15 is 0 Å². The third-order valence-corrected chi connectivity index (χ3v) is 5.03. The first-order valence-electron chi connectivity index (χ1n) is 8.05. The average molecular weight is 259 g/mol. The standard InChI is InChI=1S/C18H29N/c1-4-15(5-2)18(6-3,14-19-17-12-13-17)16-10-8-7-9-11-16/h7-11,15,17,19H,4-6,12-14H2,1-3H3. The quantitative estimate of drug-likeness (QED) is 0.723. The topological polar surface area (TPSA) is 12.0 Å². The number of benzene rings is 1. The predicted molar refractivity (Wildman–Crippen MR) is 83.5 cm³/mol. The molecular formula is C18H29N. The van der Waals surface area contributed by atoms with E-state index in [1.165, 1.54) is 37.7 Å². The van der Waals surface area contributed by atoms with Gasteiger partial charge in [0.05, 0.1) is 0 Å². The Labute approximate surface area is 118 Å². The van der Waals surface area contributed by atoms with E-state index in [1.807, 2.05) is 0 Å². The molecule has 0 aromatic heterocycles. The Morgan fingerprint density at radius 1 is 1.11 bits per heavy atom. The lowest BCUT2D eigenvalue weighted by molar-refractivity contribution is 0.230. The second-order valence-electron chi connectivity index (χ2n) is 6.04. The monoisotopic (exact) mass is 259 g/mol. The lowest BCUT2D eigenvalue weighted by Crippen LogP contribution is -2.44. The van der Waals surface area contributed by atoms with Crippen LogP contribution in [0.15, 0.2) is 30.3 Å². The molecule has 1 aliphatic rings. The van der Waals surface area contributed by atoms with Crippen LogP contribution in [0, 0.1) is 5.92 Å². The van der Waals surface area contributed by atoms with Crippen LogP contribution < -0.4 is 5.32 Å². The molecule has 106 valence electrons. The summed E-state index contributed by atoms with van der Waals surface area (Å²) in [5.74, 6) is 0.770. The maximum Gasteiger partial charge on any atom is 0.0103 e. The van der Waals surface area contributed by atoms with Gasteiger partial charge in [0.2, 0.25) is 0 Å². The lowest BCUT2D eigenvalue weighted by atomic mass is 9.66. The number of rotatable bonds is 8. The maximum atomic E-state index is 3.80. The van der Waals surface area contributed by atoms with E-state index in [2.05, 4.69) is 56.4 Å². The van der Waals surface area contributed by atoms with Gasteiger partial charge in [-0.1, -0.05) is 63.9 Å². The van der Waals surface area contributed by atoms with Gasteiger partial charge in [-0.05, 0) is 30.7 Å². The van der Waals surface area contributed by atoms with Crippen LogP contribution in [-0.2, 0) is 5.41 Å². The zero-order valence-corrected chi connectivity index (χ0v) is 12.8. The van der Waals surface area contributed by atoms with Gasteiger partial charge in [-0.3, -0.25) is 0 Å². The van der Waals surface area contributed by atoms with Crippen LogP contribution in [0.4, 0.5) is 0 Å². The van der Waals surface area contributed by atoms with E-state index in [1.54, 1.807) is 0 Å². The third kappa shape index (κ3) is 3.20. The molecule has 0 bridgehead atoms. The summed E-state index contributed by atoms with van der Waals surface area (Å²) in [6, 6.07) is 12.0. The Bertz CT molecular complexity index is 365. The highest BCUT2D eigenvalue weighted by Gasteiger charge is 2.38. The zero-order chi connectivity index (χ0) is 13.7. The van der Waals surface area contributed by atoms with E-state index in [0.29, 0.717) is 5.41 Å². The SMILES string of the molecule is CCC(CC)C(CC)(CNC1CC1)c1ccccc1. The van der Waals surface area contributed by atoms with Crippen molar-refractivity contribution in [3.05, 3.63) is 35.9 Å². The van der Waals surface area contributed by atoms with Crippen LogP contribution in [0.2, 0.25) is 0 Å². The van der Waals surface area contributed by atoms with Crippen LogP contribution in [0.25, 0.3) is 0 Å². The number of hydrogen-bond donors (Lipinski definition) is 1. The van der Waals surface area contributed by atoms with Gasteiger partial charge < -0.3 is 5.32 Å². The summed E-state index contributed by atoms with van der Waals surface area (Å²) in [4.78, 5) is 0. The minimum absolute atomic E-state index is 0.313. The molecule has 1 atom stereocenters. The first-order valence-corrected chi connectivity index (χ1v) is 8.05. The second kappa shape index (κ2) is 6.56. The molecule has 0 amide bonds. The van der Waals surface area contributed by atoms with Crippen molar-refractivity contribution in [1.82, 2.24) is 5.32 Å². The number of hydrogen-bond acceptors (Lipinski definition) is 1. The van der Waals surface area contributed by atoms with E-state index in [4.69, 9.17) is 0 Å². The van der Waals surface area contributed by atoms with E-state index in [9.17, 15) is 0 Å². The molecule has 0 aliphatic heterocycles. The van der Waals surface area contributed by atoms with Gasteiger partial charge in [-0.15, -0.1) is 0 Å². The van der Waals surface area contributed by atoms with Gasteiger partial charge in [0, 0.05) is 18.0 Å². The molecule has 0 heterocycles. The second-order valence-corrected chi connectivity index (χ2v) is 6.04. The molecule has 19 heavy (non-hydrogen) atoms. The van der Waals surface area contributed by atoms with Gasteiger partial charge in [0.1, 0.15) is 0 Å². The summed E-state index contributed by atoms with van der Waals surface area (Å²) in [5, 5.41) is 3.80. The lowest BCUT2D eigenvalue weighted by Gasteiger charge is -2.41. The Morgan fingerprint density at radius 3 is 2.21 bits per heavy atom. The smallest absolute Gasteiger partial charge is 0.0103 e. The predicted octanol–water partition coefficient (Wildman–Crippen LogP) is 4.52. The zero-order valence-electron chi connectivity index (χ0n) is 12.8. The Kier molecular flexibility index (Phi) is 5.04. The highest BCUT2D eigenvalue weighted by molar-refractivity contribution is 5.27.